The van der Waals surface area contributed by atoms with Gasteiger partial charge in [-0.3, -0.25) is 10.1 Å². The third-order valence-electron chi connectivity index (χ3n) is 4.34. The average Bonchev–Trinajstić information content (AvgIpc) is 3.45. The molecule has 0 aromatic heterocycles. The van der Waals surface area contributed by atoms with Crippen molar-refractivity contribution < 1.29 is 28.8 Å². The first-order chi connectivity index (χ1) is 12.6. The van der Waals surface area contributed by atoms with Gasteiger partial charge in [-0.2, -0.15) is 0 Å². The van der Waals surface area contributed by atoms with E-state index in [1.165, 1.54) is 4.90 Å². The Balaban J connectivity index is 1.40. The number of carbonyl (C=O) groups is 3. The zero-order chi connectivity index (χ0) is 18.4. The molecule has 1 saturated carbocycles. The SMILES string of the molecule is O=C(COC(=O)c1ccc(C[NH+]2CCOCC2)cc1)NC(=O)NC1CC1. The zero-order valence-electron chi connectivity index (χ0n) is 14.6. The minimum atomic E-state index is -0.649. The highest BCUT2D eigenvalue weighted by Gasteiger charge is 2.24. The number of esters is 1. The molecule has 3 amide bonds. The highest BCUT2D eigenvalue weighted by Crippen LogP contribution is 2.18. The summed E-state index contributed by atoms with van der Waals surface area (Å²) >= 11 is 0. The molecule has 140 valence electrons. The smallest absolute Gasteiger partial charge is 0.338 e. The summed E-state index contributed by atoms with van der Waals surface area (Å²) in [5.74, 6) is -1.24. The molecular formula is C18H24N3O5+. The topological polar surface area (TPSA) is 98.2 Å². The van der Waals surface area contributed by atoms with Crippen LogP contribution in [0.25, 0.3) is 0 Å². The number of ether oxygens (including phenoxy) is 2. The molecular weight excluding hydrogens is 338 g/mol. The Kier molecular flexibility index (Phi) is 6.19. The molecule has 0 spiro atoms. The van der Waals surface area contributed by atoms with Crippen molar-refractivity contribution in [1.29, 1.82) is 0 Å². The molecule has 1 aliphatic heterocycles. The van der Waals surface area contributed by atoms with Crippen LogP contribution in [-0.2, 0) is 20.8 Å². The summed E-state index contributed by atoms with van der Waals surface area (Å²) in [6.45, 7) is 3.91. The number of quaternary nitrogens is 1. The lowest BCUT2D eigenvalue weighted by Gasteiger charge is -2.23. The van der Waals surface area contributed by atoms with Gasteiger partial charge in [0.05, 0.1) is 18.8 Å². The molecule has 2 aliphatic rings. The van der Waals surface area contributed by atoms with Crippen LogP contribution in [-0.4, -0.2) is 56.9 Å². The molecule has 1 aliphatic carbocycles. The minimum Gasteiger partial charge on any atom is -0.452 e. The van der Waals surface area contributed by atoms with Gasteiger partial charge < -0.3 is 19.7 Å². The van der Waals surface area contributed by atoms with Crippen molar-refractivity contribution >= 4 is 17.9 Å². The van der Waals surface area contributed by atoms with E-state index in [2.05, 4.69) is 10.6 Å². The molecule has 0 atom stereocenters. The number of nitrogens with one attached hydrogen (secondary N) is 3. The summed E-state index contributed by atoms with van der Waals surface area (Å²) in [7, 11) is 0. The van der Waals surface area contributed by atoms with Crippen molar-refractivity contribution in [3.8, 4) is 0 Å². The Morgan fingerprint density at radius 3 is 2.46 bits per heavy atom. The van der Waals surface area contributed by atoms with Crippen LogP contribution in [0.3, 0.4) is 0 Å². The summed E-state index contributed by atoms with van der Waals surface area (Å²) in [6, 6.07) is 6.77. The molecule has 1 aromatic carbocycles. The molecule has 3 N–H and O–H groups in total. The maximum atomic E-state index is 12.0. The molecule has 0 bridgehead atoms. The molecule has 8 nitrogen and oxygen atoms in total. The maximum absolute atomic E-state index is 12.0. The fourth-order valence-electron chi connectivity index (χ4n) is 2.71. The fourth-order valence-corrected chi connectivity index (χ4v) is 2.71. The quantitative estimate of drug-likeness (QED) is 0.579. The Hall–Kier alpha value is -2.45. The second-order valence-electron chi connectivity index (χ2n) is 6.61. The average molecular weight is 362 g/mol. The van der Waals surface area contributed by atoms with Gasteiger partial charge in [0, 0.05) is 11.6 Å². The van der Waals surface area contributed by atoms with Gasteiger partial charge in [0.2, 0.25) is 0 Å². The normalized spacial score (nSPS) is 17.4. The van der Waals surface area contributed by atoms with Gasteiger partial charge in [0.25, 0.3) is 5.91 Å². The molecule has 0 unspecified atom stereocenters. The number of imide groups is 1. The molecule has 3 rings (SSSR count). The number of hydrogen-bond donors (Lipinski definition) is 3. The first-order valence-corrected chi connectivity index (χ1v) is 8.88. The lowest BCUT2D eigenvalue weighted by atomic mass is 10.1. The van der Waals surface area contributed by atoms with Crippen molar-refractivity contribution in [2.24, 2.45) is 0 Å². The van der Waals surface area contributed by atoms with Crippen LogP contribution in [0, 0.1) is 0 Å². The van der Waals surface area contributed by atoms with Crippen LogP contribution in [0.5, 0.6) is 0 Å². The van der Waals surface area contributed by atoms with E-state index < -0.39 is 24.5 Å². The van der Waals surface area contributed by atoms with Gasteiger partial charge >= 0.3 is 12.0 Å². The van der Waals surface area contributed by atoms with Crippen LogP contribution in [0.2, 0.25) is 0 Å². The first-order valence-electron chi connectivity index (χ1n) is 8.88. The number of urea groups is 1. The van der Waals surface area contributed by atoms with E-state index in [9.17, 15) is 14.4 Å². The Morgan fingerprint density at radius 1 is 1.12 bits per heavy atom. The van der Waals surface area contributed by atoms with Crippen LogP contribution in [0.1, 0.15) is 28.8 Å². The van der Waals surface area contributed by atoms with Crippen molar-refractivity contribution in [3.05, 3.63) is 35.4 Å². The first kappa shape index (κ1) is 18.3. The van der Waals surface area contributed by atoms with E-state index >= 15 is 0 Å². The number of carbonyl (C=O) groups excluding carboxylic acids is 3. The standard InChI is InChI=1S/C18H23N3O5/c22-16(20-18(24)19-15-5-6-15)12-26-17(23)14-3-1-13(2-4-14)11-21-7-9-25-10-8-21/h1-4,15H,5-12H2,(H2,19,20,22,24)/p+1. The number of amides is 3. The largest absolute Gasteiger partial charge is 0.452 e. The number of hydrogen-bond acceptors (Lipinski definition) is 5. The van der Waals surface area contributed by atoms with Crippen LogP contribution in [0.15, 0.2) is 24.3 Å². The Morgan fingerprint density at radius 2 is 1.81 bits per heavy atom. The predicted octanol–water partition coefficient (Wildman–Crippen LogP) is -0.753. The van der Waals surface area contributed by atoms with E-state index in [0.717, 1.165) is 51.3 Å². The van der Waals surface area contributed by atoms with E-state index in [-0.39, 0.29) is 6.04 Å². The van der Waals surface area contributed by atoms with Gasteiger partial charge in [-0.1, -0.05) is 12.1 Å². The second-order valence-corrected chi connectivity index (χ2v) is 6.61. The second kappa shape index (κ2) is 8.77. The van der Waals surface area contributed by atoms with Gasteiger partial charge in [-0.25, -0.2) is 9.59 Å². The monoisotopic (exact) mass is 362 g/mol. The fraction of sp³-hybridized carbons (Fsp3) is 0.500. The highest BCUT2D eigenvalue weighted by atomic mass is 16.5. The lowest BCUT2D eigenvalue weighted by molar-refractivity contribution is -0.921. The third kappa shape index (κ3) is 5.82. The molecule has 1 saturated heterocycles. The summed E-state index contributed by atoms with van der Waals surface area (Å²) in [5.41, 5.74) is 1.51. The van der Waals surface area contributed by atoms with E-state index in [1.807, 2.05) is 12.1 Å². The van der Waals surface area contributed by atoms with Crippen molar-refractivity contribution in [1.82, 2.24) is 10.6 Å². The van der Waals surface area contributed by atoms with E-state index in [0.29, 0.717) is 5.56 Å². The minimum absolute atomic E-state index is 0.156. The van der Waals surface area contributed by atoms with Gasteiger partial charge in [-0.05, 0) is 25.0 Å². The molecule has 0 radical (unpaired) electrons. The Bertz CT molecular complexity index is 651. The summed E-state index contributed by atoms with van der Waals surface area (Å²) in [6.07, 6.45) is 1.86. The molecule has 1 aromatic rings. The maximum Gasteiger partial charge on any atom is 0.338 e. The van der Waals surface area contributed by atoms with Gasteiger partial charge in [-0.15, -0.1) is 0 Å². The van der Waals surface area contributed by atoms with E-state index in [1.54, 1.807) is 12.1 Å². The Labute approximate surface area is 151 Å². The van der Waals surface area contributed by atoms with Gasteiger partial charge in [0.15, 0.2) is 6.61 Å². The summed E-state index contributed by atoms with van der Waals surface area (Å²) in [4.78, 5) is 36.5. The van der Waals surface area contributed by atoms with Crippen molar-refractivity contribution in [2.45, 2.75) is 25.4 Å². The molecule has 26 heavy (non-hydrogen) atoms. The van der Waals surface area contributed by atoms with Crippen LogP contribution in [0.4, 0.5) is 4.79 Å². The van der Waals surface area contributed by atoms with Crippen LogP contribution >= 0.6 is 0 Å². The molecule has 1 heterocycles. The molecule has 2 fully saturated rings. The van der Waals surface area contributed by atoms with E-state index in [4.69, 9.17) is 9.47 Å². The zero-order valence-corrected chi connectivity index (χ0v) is 14.6. The summed E-state index contributed by atoms with van der Waals surface area (Å²) in [5, 5.41) is 4.76. The van der Waals surface area contributed by atoms with Gasteiger partial charge in [0.1, 0.15) is 19.6 Å². The van der Waals surface area contributed by atoms with Crippen LogP contribution < -0.4 is 15.5 Å². The number of morpholine rings is 1. The lowest BCUT2D eigenvalue weighted by Crippen LogP contribution is -3.12. The van der Waals surface area contributed by atoms with Crippen molar-refractivity contribution in [3.63, 3.8) is 0 Å². The number of rotatable bonds is 6. The predicted molar refractivity (Wildman–Crippen MR) is 91.6 cm³/mol. The third-order valence-corrected chi connectivity index (χ3v) is 4.34. The highest BCUT2D eigenvalue weighted by molar-refractivity contribution is 5.97. The summed E-state index contributed by atoms with van der Waals surface area (Å²) < 4.78 is 10.3. The number of benzene rings is 1. The molecule has 8 heteroatoms. The van der Waals surface area contributed by atoms with Crippen molar-refractivity contribution in [2.75, 3.05) is 32.9 Å².